The lowest BCUT2D eigenvalue weighted by molar-refractivity contribution is 0.488. The van der Waals surface area contributed by atoms with Crippen LogP contribution in [0.25, 0.3) is 53.6 Å². The third kappa shape index (κ3) is 7.90. The van der Waals surface area contributed by atoms with E-state index in [0.29, 0.717) is 0 Å². The van der Waals surface area contributed by atoms with Crippen LogP contribution in [0.2, 0.25) is 0 Å². The number of hydrogen-bond donors (Lipinski definition) is 1. The molecule has 0 bridgehead atoms. The molecule has 20 rings (SSSR count). The van der Waals surface area contributed by atoms with E-state index < -0.39 is 0 Å². The number of nitrogens with zero attached hydrogens (tertiary/aromatic N) is 2. The van der Waals surface area contributed by atoms with Gasteiger partial charge < -0.3 is 29.3 Å². The normalized spacial score (nSPS) is 13.7. The summed E-state index contributed by atoms with van der Waals surface area (Å²) in [6, 6.07) is 77.6. The van der Waals surface area contributed by atoms with Gasteiger partial charge >= 0.3 is 0 Å². The Bertz CT molecular complexity index is 5820. The van der Waals surface area contributed by atoms with Crippen molar-refractivity contribution in [3.05, 3.63) is 256 Å². The number of benzene rings is 12. The van der Waals surface area contributed by atoms with Crippen molar-refractivity contribution in [1.82, 2.24) is 0 Å². The summed E-state index contributed by atoms with van der Waals surface area (Å²) in [6.45, 7) is 19.6. The Balaban J connectivity index is 0.901. The summed E-state index contributed by atoms with van der Waals surface area (Å²) in [5, 5.41) is 6.46. The average Bonchev–Trinajstić information content (AvgIpc) is 0.954. The lowest BCUT2D eigenvalue weighted by Gasteiger charge is -2.44. The zero-order valence-electron chi connectivity index (χ0n) is 54.8. The van der Waals surface area contributed by atoms with Crippen molar-refractivity contribution >= 4 is 156 Å². The Labute approximate surface area is 568 Å². The number of nitrogens with one attached hydrogen (secondary N) is 1. The van der Waals surface area contributed by atoms with E-state index in [1.807, 2.05) is 22.7 Å². The molecule has 0 saturated heterocycles. The molecule has 6 aliphatic rings. The summed E-state index contributed by atoms with van der Waals surface area (Å²) < 4.78 is 27.6. The molecule has 2 aromatic heterocycles. The van der Waals surface area contributed by atoms with Gasteiger partial charge in [0.1, 0.15) is 34.5 Å². The molecule has 0 amide bonds. The van der Waals surface area contributed by atoms with E-state index in [0.717, 1.165) is 113 Å². The second kappa shape index (κ2) is 20.3. The van der Waals surface area contributed by atoms with Crippen molar-refractivity contribution < 1.29 is 14.2 Å². The Morgan fingerprint density at radius 3 is 1.26 bits per heavy atom. The van der Waals surface area contributed by atoms with Crippen molar-refractivity contribution in [2.75, 3.05) is 15.1 Å². The molecule has 0 radical (unpaired) electrons. The Morgan fingerprint density at radius 2 is 0.740 bits per heavy atom. The fourth-order valence-corrected chi connectivity index (χ4v) is 20.2. The van der Waals surface area contributed by atoms with Crippen LogP contribution in [0.4, 0.5) is 45.5 Å². The van der Waals surface area contributed by atoms with Gasteiger partial charge in [-0.3, -0.25) is 0 Å². The molecule has 6 aliphatic heterocycles. The molecule has 1 N–H and O–H groups in total. The van der Waals surface area contributed by atoms with E-state index in [2.05, 4.69) is 284 Å². The predicted octanol–water partition coefficient (Wildman–Crippen LogP) is 17.4. The van der Waals surface area contributed by atoms with Crippen LogP contribution in [0, 0.1) is 62.3 Å². The molecule has 6 nitrogen and oxygen atoms in total. The Morgan fingerprint density at radius 1 is 0.323 bits per heavy atom. The molecule has 0 spiro atoms. The number of rotatable bonds is 5. The topological polar surface area (TPSA) is 46.2 Å². The largest absolute Gasteiger partial charge is 0.458 e. The Kier molecular flexibility index (Phi) is 11.8. The first-order chi connectivity index (χ1) is 46.8. The van der Waals surface area contributed by atoms with Crippen molar-refractivity contribution in [2.45, 2.75) is 62.3 Å². The monoisotopic (exact) mass is 1270 g/mol. The lowest BCUT2D eigenvalue weighted by atomic mass is 9.30. The number of thiophene rings is 2. The summed E-state index contributed by atoms with van der Waals surface area (Å²) in [6.07, 6.45) is 0. The first-order valence-electron chi connectivity index (χ1n) is 33.5. The van der Waals surface area contributed by atoms with Gasteiger partial charge in [0.2, 0.25) is 0 Å². The van der Waals surface area contributed by atoms with Crippen LogP contribution in [-0.2, 0) is 0 Å². The highest BCUT2D eigenvalue weighted by Crippen LogP contribution is 2.52. The molecule has 8 heterocycles. The minimum Gasteiger partial charge on any atom is -0.458 e. The van der Waals surface area contributed by atoms with Gasteiger partial charge in [-0.1, -0.05) is 145 Å². The van der Waals surface area contributed by atoms with E-state index >= 15 is 0 Å². The standard InChI is InChI=1S/C85H62B3N3O3S2/c1-44-30-49(6)80(50(7)31-44)90-67-42-65-61(87-77-66(89-65)34-53(56-23-13-10-20-46(56)3)37-72(77)93-82-59-26-16-18-28-75(59)95-84(82)87)40-62(67)86-64-41-63-68(43-71(64)92-73-38-54(35-69(90)78(73)86)57-24-14-11-21-47(57)4)91(81-51(8)32-45(2)33-52(81)9)70-36-55(58-25-15-12-22-48(58)5)39-74-79(70)88(63)85-83(94-74)60-27-17-19-29-76(60)96-85/h10-43,89H,1-9H3. The van der Waals surface area contributed by atoms with Crippen molar-refractivity contribution in [2.24, 2.45) is 0 Å². The highest BCUT2D eigenvalue weighted by Gasteiger charge is 2.51. The molecule has 0 atom stereocenters. The highest BCUT2D eigenvalue weighted by molar-refractivity contribution is 7.34. The van der Waals surface area contributed by atoms with Gasteiger partial charge in [-0.25, -0.2) is 0 Å². The van der Waals surface area contributed by atoms with Crippen LogP contribution in [0.5, 0.6) is 34.5 Å². The summed E-state index contributed by atoms with van der Waals surface area (Å²) in [4.78, 5) is 5.17. The van der Waals surface area contributed by atoms with Gasteiger partial charge in [0.05, 0.1) is 11.4 Å². The molecule has 456 valence electrons. The Hall–Kier alpha value is -10.4. The second-order valence-corrected chi connectivity index (χ2v) is 29.8. The van der Waals surface area contributed by atoms with E-state index in [9.17, 15) is 0 Å². The van der Waals surface area contributed by atoms with Gasteiger partial charge in [0.15, 0.2) is 0 Å². The van der Waals surface area contributed by atoms with E-state index in [1.165, 1.54) is 119 Å². The van der Waals surface area contributed by atoms with Crippen LogP contribution in [-0.4, -0.2) is 20.1 Å². The highest BCUT2D eigenvalue weighted by atomic mass is 32.1. The molecule has 11 heteroatoms. The van der Waals surface area contributed by atoms with Gasteiger partial charge in [0.25, 0.3) is 20.1 Å². The maximum atomic E-state index is 7.92. The quantitative estimate of drug-likeness (QED) is 0.173. The summed E-state index contributed by atoms with van der Waals surface area (Å²) in [5.41, 5.74) is 35.1. The predicted molar refractivity (Wildman–Crippen MR) is 409 cm³/mol. The molecule has 0 fully saturated rings. The summed E-state index contributed by atoms with van der Waals surface area (Å²) >= 11 is 3.73. The third-order valence-corrected chi connectivity index (χ3v) is 23.9. The minimum atomic E-state index is -0.272. The number of aryl methyl sites for hydroxylation is 9. The second-order valence-electron chi connectivity index (χ2n) is 27.6. The van der Waals surface area contributed by atoms with Gasteiger partial charge in [-0.15, -0.1) is 22.7 Å². The van der Waals surface area contributed by atoms with E-state index in [4.69, 9.17) is 14.2 Å². The summed E-state index contributed by atoms with van der Waals surface area (Å²) in [7, 11) is 0. The number of hydrogen-bond acceptors (Lipinski definition) is 8. The zero-order valence-corrected chi connectivity index (χ0v) is 56.4. The fourth-order valence-electron chi connectivity index (χ4n) is 17.6. The third-order valence-electron chi connectivity index (χ3n) is 21.5. The molecular weight excluding hydrogens is 1210 g/mol. The zero-order chi connectivity index (χ0) is 64.4. The van der Waals surface area contributed by atoms with Crippen LogP contribution in [0.15, 0.2) is 206 Å². The molecular formula is C85H62B3N3O3S2. The van der Waals surface area contributed by atoms with E-state index in [1.54, 1.807) is 0 Å². The molecule has 0 unspecified atom stereocenters. The van der Waals surface area contributed by atoms with Gasteiger partial charge in [0, 0.05) is 69.9 Å². The fraction of sp³-hybridized carbons (Fsp3) is 0.106. The summed E-state index contributed by atoms with van der Waals surface area (Å²) in [5.74, 6) is 5.38. The van der Waals surface area contributed by atoms with Crippen molar-refractivity contribution in [3.63, 3.8) is 0 Å². The molecule has 12 aromatic carbocycles. The molecule has 96 heavy (non-hydrogen) atoms. The SMILES string of the molecule is Cc1cc(C)c(N2c3cc4c(cc3B3c5cc6c(cc5Oc5cc(-c7ccccc7C)cc2c53)N(c2c(C)cc(C)cc2C)c2cc(-c3ccccc3C)cc3c2B6c2sc5ccccc5c2O3)B2c3sc5ccccc5c3Oc3cc(-c5ccccc5C)cc(c32)N4)c(C)c1. The lowest BCUT2D eigenvalue weighted by Crippen LogP contribution is -2.64. The van der Waals surface area contributed by atoms with Gasteiger partial charge in [-0.05, 0) is 240 Å². The van der Waals surface area contributed by atoms with Crippen LogP contribution >= 0.6 is 22.7 Å². The van der Waals surface area contributed by atoms with Crippen LogP contribution in [0.3, 0.4) is 0 Å². The van der Waals surface area contributed by atoms with E-state index in [-0.39, 0.29) is 20.1 Å². The van der Waals surface area contributed by atoms with Crippen LogP contribution in [0.1, 0.15) is 50.1 Å². The molecule has 0 saturated carbocycles. The van der Waals surface area contributed by atoms with Crippen LogP contribution < -0.4 is 77.1 Å². The average molecular weight is 1270 g/mol. The van der Waals surface area contributed by atoms with Crippen molar-refractivity contribution in [1.29, 1.82) is 0 Å². The first kappa shape index (κ1) is 56.0. The van der Waals surface area contributed by atoms with Gasteiger partial charge in [-0.2, -0.15) is 0 Å². The molecule has 14 aromatic rings. The first-order valence-corrected chi connectivity index (χ1v) is 35.1. The maximum absolute atomic E-state index is 7.92. The molecule has 0 aliphatic carbocycles. The maximum Gasteiger partial charge on any atom is 0.268 e. The number of fused-ring (bicyclic) bond motifs is 16. The number of anilines is 8. The smallest absolute Gasteiger partial charge is 0.268 e. The number of ether oxygens (including phenoxy) is 3. The van der Waals surface area contributed by atoms with Crippen molar-refractivity contribution in [3.8, 4) is 67.9 Å². The minimum absolute atomic E-state index is 0.130.